The molecule has 1 fully saturated rings. The van der Waals surface area contributed by atoms with E-state index in [0.29, 0.717) is 32.2 Å². The summed E-state index contributed by atoms with van der Waals surface area (Å²) in [5.74, 6) is -4.85. The van der Waals surface area contributed by atoms with Crippen LogP contribution in [0.1, 0.15) is 51.4 Å². The summed E-state index contributed by atoms with van der Waals surface area (Å²) in [6, 6.07) is -4.65. The fourth-order valence-electron chi connectivity index (χ4n) is 3.65. The molecule has 1 aliphatic rings. The first-order chi connectivity index (χ1) is 16.0. The maximum absolute atomic E-state index is 13.1. The molecular formula is C20H35N7O7. The first-order valence-electron chi connectivity index (χ1n) is 11.1. The number of nitrogens with two attached hydrogens (primary N) is 4. The third kappa shape index (κ3) is 9.31. The number of carboxylic acid groups (broad SMARTS) is 1. The van der Waals surface area contributed by atoms with Gasteiger partial charge < -0.3 is 43.6 Å². The van der Waals surface area contributed by atoms with Crippen molar-refractivity contribution >= 4 is 35.5 Å². The van der Waals surface area contributed by atoms with E-state index in [9.17, 15) is 33.9 Å². The minimum absolute atomic E-state index is 0.179. The van der Waals surface area contributed by atoms with Crippen LogP contribution in [0, 0.1) is 0 Å². The van der Waals surface area contributed by atoms with Gasteiger partial charge in [0.2, 0.25) is 29.5 Å². The molecule has 0 aromatic carbocycles. The summed E-state index contributed by atoms with van der Waals surface area (Å²) in [5, 5.41) is 14.3. The number of amides is 5. The first kappa shape index (κ1) is 28.8. The molecule has 0 saturated carbocycles. The topological polar surface area (TPSA) is 254 Å². The van der Waals surface area contributed by atoms with Crippen LogP contribution in [0.25, 0.3) is 0 Å². The van der Waals surface area contributed by atoms with Crippen LogP contribution in [-0.2, 0) is 28.8 Å². The van der Waals surface area contributed by atoms with Gasteiger partial charge >= 0.3 is 5.97 Å². The van der Waals surface area contributed by atoms with Gasteiger partial charge in [0.05, 0.1) is 12.5 Å². The van der Waals surface area contributed by atoms with Gasteiger partial charge in [-0.1, -0.05) is 0 Å². The van der Waals surface area contributed by atoms with Gasteiger partial charge in [-0.2, -0.15) is 0 Å². The number of hydrogen-bond acceptors (Lipinski definition) is 8. The Kier molecular flexibility index (Phi) is 11.9. The summed E-state index contributed by atoms with van der Waals surface area (Å²) in [6.07, 6.45) is 1.20. The largest absolute Gasteiger partial charge is 0.480 e. The Bertz CT molecular complexity index is 776. The predicted octanol–water partition coefficient (Wildman–Crippen LogP) is -3.37. The molecule has 1 saturated heterocycles. The van der Waals surface area contributed by atoms with Crippen molar-refractivity contribution in [1.82, 2.24) is 15.5 Å². The van der Waals surface area contributed by atoms with E-state index in [-0.39, 0.29) is 25.8 Å². The molecule has 0 aliphatic carbocycles. The monoisotopic (exact) mass is 485 g/mol. The lowest BCUT2D eigenvalue weighted by Crippen LogP contribution is -2.57. The number of carboxylic acids is 1. The van der Waals surface area contributed by atoms with Crippen molar-refractivity contribution in [2.24, 2.45) is 22.9 Å². The average Bonchev–Trinajstić information content (AvgIpc) is 3.25. The number of carbonyl (C=O) groups is 6. The van der Waals surface area contributed by atoms with Gasteiger partial charge in [-0.15, -0.1) is 0 Å². The van der Waals surface area contributed by atoms with Crippen molar-refractivity contribution in [3.63, 3.8) is 0 Å². The summed E-state index contributed by atoms with van der Waals surface area (Å²) >= 11 is 0. The zero-order valence-electron chi connectivity index (χ0n) is 19.0. The lowest BCUT2D eigenvalue weighted by atomic mass is 10.0. The molecule has 192 valence electrons. The number of nitrogens with zero attached hydrogens (tertiary/aromatic N) is 1. The molecule has 0 aromatic heterocycles. The van der Waals surface area contributed by atoms with E-state index in [1.54, 1.807) is 0 Å². The Morgan fingerprint density at radius 2 is 1.59 bits per heavy atom. The van der Waals surface area contributed by atoms with Gasteiger partial charge in [0.1, 0.15) is 18.1 Å². The molecule has 1 heterocycles. The molecule has 0 radical (unpaired) electrons. The minimum atomic E-state index is -1.32. The second kappa shape index (κ2) is 14.1. The quantitative estimate of drug-likeness (QED) is 0.114. The van der Waals surface area contributed by atoms with E-state index in [0.717, 1.165) is 0 Å². The minimum Gasteiger partial charge on any atom is -0.480 e. The van der Waals surface area contributed by atoms with Crippen LogP contribution in [0.2, 0.25) is 0 Å². The second-order valence-electron chi connectivity index (χ2n) is 8.22. The highest BCUT2D eigenvalue weighted by molar-refractivity contribution is 5.95. The van der Waals surface area contributed by atoms with E-state index in [1.165, 1.54) is 4.90 Å². The number of primary amides is 2. The van der Waals surface area contributed by atoms with E-state index >= 15 is 0 Å². The van der Waals surface area contributed by atoms with Crippen LogP contribution in [0.5, 0.6) is 0 Å². The molecule has 1 rings (SSSR count). The number of carbonyl (C=O) groups excluding carboxylic acids is 5. The fourth-order valence-corrected chi connectivity index (χ4v) is 3.65. The molecule has 1 aliphatic heterocycles. The maximum atomic E-state index is 13.1. The Morgan fingerprint density at radius 1 is 0.941 bits per heavy atom. The van der Waals surface area contributed by atoms with Crippen molar-refractivity contribution < 1.29 is 33.9 Å². The normalized spacial score (nSPS) is 17.9. The number of hydrogen-bond donors (Lipinski definition) is 7. The number of nitrogens with one attached hydrogen (secondary N) is 2. The molecule has 34 heavy (non-hydrogen) atoms. The van der Waals surface area contributed by atoms with Crippen LogP contribution in [0.4, 0.5) is 0 Å². The van der Waals surface area contributed by atoms with Crippen molar-refractivity contribution in [3.05, 3.63) is 0 Å². The molecule has 4 unspecified atom stereocenters. The highest BCUT2D eigenvalue weighted by Gasteiger charge is 2.38. The molecule has 4 atom stereocenters. The SMILES string of the molecule is NCCCCC(NC(=O)C(CCC(N)=O)NC(=O)C(N)CC(N)=O)C(=O)N1CCCC1C(=O)O. The van der Waals surface area contributed by atoms with Gasteiger partial charge in [-0.3, -0.25) is 24.0 Å². The van der Waals surface area contributed by atoms with Crippen molar-refractivity contribution in [3.8, 4) is 0 Å². The molecule has 14 heteroatoms. The van der Waals surface area contributed by atoms with E-state index in [4.69, 9.17) is 22.9 Å². The predicted molar refractivity (Wildman–Crippen MR) is 119 cm³/mol. The average molecular weight is 486 g/mol. The smallest absolute Gasteiger partial charge is 0.326 e. The van der Waals surface area contributed by atoms with Crippen LogP contribution >= 0.6 is 0 Å². The summed E-state index contributed by atoms with van der Waals surface area (Å²) < 4.78 is 0. The van der Waals surface area contributed by atoms with E-state index in [1.807, 2.05) is 0 Å². The Balaban J connectivity index is 3.01. The fraction of sp³-hybridized carbons (Fsp3) is 0.700. The lowest BCUT2D eigenvalue weighted by Gasteiger charge is -2.29. The highest BCUT2D eigenvalue weighted by atomic mass is 16.4. The molecule has 0 spiro atoms. The van der Waals surface area contributed by atoms with Crippen LogP contribution in [0.3, 0.4) is 0 Å². The molecule has 11 N–H and O–H groups in total. The Labute approximate surface area is 197 Å². The summed E-state index contributed by atoms with van der Waals surface area (Å²) in [7, 11) is 0. The van der Waals surface area contributed by atoms with Gasteiger partial charge in [0.25, 0.3) is 0 Å². The zero-order chi connectivity index (χ0) is 25.8. The Morgan fingerprint density at radius 3 is 2.15 bits per heavy atom. The lowest BCUT2D eigenvalue weighted by molar-refractivity contribution is -0.149. The van der Waals surface area contributed by atoms with Crippen molar-refractivity contribution in [2.75, 3.05) is 13.1 Å². The summed E-state index contributed by atoms with van der Waals surface area (Å²) in [5.41, 5.74) is 21.3. The van der Waals surface area contributed by atoms with E-state index in [2.05, 4.69) is 10.6 Å². The zero-order valence-corrected chi connectivity index (χ0v) is 19.0. The summed E-state index contributed by atoms with van der Waals surface area (Å²) in [4.78, 5) is 73.4. The maximum Gasteiger partial charge on any atom is 0.326 e. The van der Waals surface area contributed by atoms with Gasteiger partial charge in [-0.05, 0) is 45.1 Å². The standard InChI is InChI=1S/C20H35N7O7/c21-8-2-1-4-13(19(32)27-9-3-5-14(27)20(33)34)26-18(31)12(6-7-15(23)28)25-17(30)11(22)10-16(24)29/h11-14H,1-10,21-22H2,(H2,23,28)(H2,24,29)(H,25,30)(H,26,31)(H,33,34). The van der Waals surface area contributed by atoms with Crippen LogP contribution in [-0.4, -0.2) is 82.8 Å². The number of unbranched alkanes of at least 4 members (excludes halogenated alkanes) is 1. The van der Waals surface area contributed by atoms with Crippen LogP contribution in [0.15, 0.2) is 0 Å². The highest BCUT2D eigenvalue weighted by Crippen LogP contribution is 2.20. The van der Waals surface area contributed by atoms with Crippen molar-refractivity contribution in [2.45, 2.75) is 75.5 Å². The van der Waals surface area contributed by atoms with Gasteiger partial charge in [-0.25, -0.2) is 4.79 Å². The molecule has 5 amide bonds. The molecular weight excluding hydrogens is 450 g/mol. The summed E-state index contributed by atoms with van der Waals surface area (Å²) in [6.45, 7) is 0.605. The van der Waals surface area contributed by atoms with E-state index < -0.39 is 66.1 Å². The number of rotatable bonds is 15. The Hall–Kier alpha value is -3.26. The molecule has 0 aromatic rings. The molecule has 0 bridgehead atoms. The molecule has 14 nitrogen and oxygen atoms in total. The third-order valence-corrected chi connectivity index (χ3v) is 5.45. The third-order valence-electron chi connectivity index (χ3n) is 5.45. The van der Waals surface area contributed by atoms with Crippen LogP contribution < -0.4 is 33.6 Å². The number of aliphatic carboxylic acids is 1. The second-order valence-corrected chi connectivity index (χ2v) is 8.22. The van der Waals surface area contributed by atoms with Gasteiger partial charge in [0.15, 0.2) is 0 Å². The van der Waals surface area contributed by atoms with Gasteiger partial charge in [0, 0.05) is 13.0 Å². The first-order valence-corrected chi connectivity index (χ1v) is 11.1. The number of likely N-dealkylation sites (tertiary alicyclic amines) is 1. The van der Waals surface area contributed by atoms with Crippen molar-refractivity contribution in [1.29, 1.82) is 0 Å².